The van der Waals surface area contributed by atoms with Gasteiger partial charge < -0.3 is 5.11 Å². The number of halogens is 3. The molecule has 0 amide bonds. The topological polar surface area (TPSA) is 37.3 Å². The first-order valence-corrected chi connectivity index (χ1v) is 2.38. The second kappa shape index (κ2) is 3.96. The maximum atomic E-state index is 9.62. The van der Waals surface area contributed by atoms with Crippen molar-refractivity contribution in [2.75, 3.05) is 0 Å². The Morgan fingerprint density at radius 3 is 1.50 bits per heavy atom. The molecule has 0 atom stereocenters. The number of hydrogen-bond acceptors (Lipinski definition) is 1. The van der Waals surface area contributed by atoms with Gasteiger partial charge in [-0.25, -0.2) is 4.79 Å². The predicted molar refractivity (Wildman–Crippen MR) is 27.9 cm³/mol. The van der Waals surface area contributed by atoms with Crippen molar-refractivity contribution in [3.05, 3.63) is 0 Å². The fourth-order valence-corrected chi connectivity index (χ4v) is 0. The van der Waals surface area contributed by atoms with E-state index in [4.69, 9.17) is 39.9 Å². The Morgan fingerprint density at radius 2 is 1.50 bits per heavy atom. The van der Waals surface area contributed by atoms with Gasteiger partial charge in [0.25, 0.3) is 3.79 Å². The van der Waals surface area contributed by atoms with Crippen LogP contribution < -0.4 is 0 Å². The third kappa shape index (κ3) is 5.20. The summed E-state index contributed by atoms with van der Waals surface area (Å²) in [4.78, 5) is 9.62. The third-order valence-corrected chi connectivity index (χ3v) is 0.728. The van der Waals surface area contributed by atoms with E-state index in [1.165, 1.54) is 0 Å². The molecule has 0 rings (SSSR count). The second-order valence-electron chi connectivity index (χ2n) is 0.803. The molecule has 0 aromatic rings. The Morgan fingerprint density at radius 1 is 1.38 bits per heavy atom. The van der Waals surface area contributed by atoms with Gasteiger partial charge in [-0.15, -0.1) is 0 Å². The summed E-state index contributed by atoms with van der Waals surface area (Å²) >= 11 is 14.4. The van der Waals surface area contributed by atoms with Crippen LogP contribution in [0.25, 0.3) is 0 Å². The zero-order valence-corrected chi connectivity index (χ0v) is 7.32. The molecule has 1 N–H and O–H groups in total. The minimum Gasteiger partial charge on any atom is -0.478 e. The maximum absolute atomic E-state index is 9.62. The van der Waals surface area contributed by atoms with Gasteiger partial charge in [0.1, 0.15) is 0 Å². The van der Waals surface area contributed by atoms with Gasteiger partial charge in [-0.05, 0) is 0 Å². The molecular formula is C2HCl3O2Ti. The van der Waals surface area contributed by atoms with Crippen molar-refractivity contribution in [2.24, 2.45) is 0 Å². The Kier molecular flexibility index (Phi) is 5.85. The SMILES string of the molecule is O=C(O)C(Cl)(Cl)Cl.[Ti]. The average Bonchev–Trinajstić information content (AvgIpc) is 1.31. The van der Waals surface area contributed by atoms with Gasteiger partial charge in [-0.2, -0.15) is 0 Å². The first-order chi connectivity index (χ1) is 2.94. The molecule has 46 valence electrons. The van der Waals surface area contributed by atoms with E-state index in [9.17, 15) is 4.79 Å². The fourth-order valence-electron chi connectivity index (χ4n) is 0. The normalized spacial score (nSPS) is 9.88. The van der Waals surface area contributed by atoms with Gasteiger partial charge >= 0.3 is 5.97 Å². The van der Waals surface area contributed by atoms with Crippen LogP contribution in [-0.4, -0.2) is 14.9 Å². The molecular weight excluding hydrogens is 210 g/mol. The molecule has 0 unspecified atom stereocenters. The number of carboxylic acid groups (broad SMARTS) is 1. The van der Waals surface area contributed by atoms with Crippen LogP contribution in [0.5, 0.6) is 0 Å². The summed E-state index contributed by atoms with van der Waals surface area (Å²) in [5.41, 5.74) is 0. The van der Waals surface area contributed by atoms with Crippen molar-refractivity contribution in [2.45, 2.75) is 3.79 Å². The Balaban J connectivity index is 0. The fraction of sp³-hybridized carbons (Fsp3) is 0.500. The Labute approximate surface area is 76.0 Å². The van der Waals surface area contributed by atoms with Gasteiger partial charge in [0.15, 0.2) is 0 Å². The molecule has 0 aromatic carbocycles. The molecule has 0 aliphatic rings. The van der Waals surface area contributed by atoms with Gasteiger partial charge in [-0.3, -0.25) is 0 Å². The van der Waals surface area contributed by atoms with E-state index >= 15 is 0 Å². The molecule has 0 aliphatic carbocycles. The molecule has 0 aromatic heterocycles. The van der Waals surface area contributed by atoms with E-state index in [1.807, 2.05) is 0 Å². The Hall–Kier alpha value is 1.05. The molecule has 8 heavy (non-hydrogen) atoms. The summed E-state index contributed by atoms with van der Waals surface area (Å²) < 4.78 is -2.17. The van der Waals surface area contributed by atoms with E-state index in [0.717, 1.165) is 0 Å². The Bertz CT molecular complexity index is 87.8. The number of carbonyl (C=O) groups is 1. The quantitative estimate of drug-likeness (QED) is 0.486. The number of alkyl halides is 3. The monoisotopic (exact) mass is 210 g/mol. The molecule has 0 saturated carbocycles. The number of aliphatic carboxylic acids is 1. The summed E-state index contributed by atoms with van der Waals surface area (Å²) in [6.45, 7) is 0. The van der Waals surface area contributed by atoms with Gasteiger partial charge in [0.2, 0.25) is 0 Å². The van der Waals surface area contributed by atoms with Crippen LogP contribution in [0.3, 0.4) is 0 Å². The molecule has 2 nitrogen and oxygen atoms in total. The van der Waals surface area contributed by atoms with Crippen LogP contribution in [0.15, 0.2) is 0 Å². The first-order valence-electron chi connectivity index (χ1n) is 1.24. The molecule has 0 spiro atoms. The summed E-state index contributed by atoms with van der Waals surface area (Å²) in [6.07, 6.45) is 0. The third-order valence-electron chi connectivity index (χ3n) is 0.243. The first kappa shape index (κ1) is 11.8. The van der Waals surface area contributed by atoms with Crippen molar-refractivity contribution >= 4 is 40.8 Å². The van der Waals surface area contributed by atoms with Crippen molar-refractivity contribution in [3.63, 3.8) is 0 Å². The van der Waals surface area contributed by atoms with Crippen molar-refractivity contribution in [1.82, 2.24) is 0 Å². The molecule has 0 aliphatic heterocycles. The zero-order valence-electron chi connectivity index (χ0n) is 3.49. The summed E-state index contributed by atoms with van der Waals surface area (Å²) in [5.74, 6) is -1.46. The van der Waals surface area contributed by atoms with Crippen LogP contribution in [0, 0.1) is 0 Å². The van der Waals surface area contributed by atoms with E-state index in [2.05, 4.69) is 0 Å². The standard InChI is InChI=1S/C2HCl3O2.Ti/c3-2(4,5)1(6)7;/h(H,6,7);. The van der Waals surface area contributed by atoms with Gasteiger partial charge in [-0.1, -0.05) is 34.8 Å². The molecule has 0 fully saturated rings. The van der Waals surface area contributed by atoms with Gasteiger partial charge in [0, 0.05) is 21.7 Å². The van der Waals surface area contributed by atoms with E-state index in [1.54, 1.807) is 0 Å². The summed E-state index contributed by atoms with van der Waals surface area (Å²) in [5, 5.41) is 7.85. The molecule has 6 heteroatoms. The zero-order chi connectivity index (χ0) is 6.08. The number of carboxylic acids is 1. The largest absolute Gasteiger partial charge is 0.478 e. The van der Waals surface area contributed by atoms with Crippen LogP contribution >= 0.6 is 34.8 Å². The number of hydrogen-bond donors (Lipinski definition) is 1. The van der Waals surface area contributed by atoms with Crippen molar-refractivity contribution < 1.29 is 31.6 Å². The van der Waals surface area contributed by atoms with E-state index in [-0.39, 0.29) is 21.7 Å². The molecule has 0 bridgehead atoms. The summed E-state index contributed by atoms with van der Waals surface area (Å²) in [7, 11) is 0. The summed E-state index contributed by atoms with van der Waals surface area (Å²) in [6, 6.07) is 0. The molecule has 0 saturated heterocycles. The van der Waals surface area contributed by atoms with Crippen LogP contribution in [0.2, 0.25) is 0 Å². The molecule has 0 radical (unpaired) electrons. The van der Waals surface area contributed by atoms with Crippen LogP contribution in [-0.2, 0) is 26.5 Å². The van der Waals surface area contributed by atoms with E-state index in [0.29, 0.717) is 0 Å². The second-order valence-corrected chi connectivity index (χ2v) is 3.08. The van der Waals surface area contributed by atoms with Crippen LogP contribution in [0.4, 0.5) is 0 Å². The number of rotatable bonds is 0. The smallest absolute Gasteiger partial charge is 0.356 e. The van der Waals surface area contributed by atoms with E-state index < -0.39 is 9.76 Å². The van der Waals surface area contributed by atoms with Crippen LogP contribution in [0.1, 0.15) is 0 Å². The average molecular weight is 211 g/mol. The predicted octanol–water partition coefficient (Wildman–Crippen LogP) is 1.44. The minimum atomic E-state index is -2.17. The molecule has 0 heterocycles. The maximum Gasteiger partial charge on any atom is 0.356 e. The minimum absolute atomic E-state index is 0. The van der Waals surface area contributed by atoms with Crippen molar-refractivity contribution in [1.29, 1.82) is 0 Å². The van der Waals surface area contributed by atoms with Gasteiger partial charge in [0.05, 0.1) is 0 Å². The van der Waals surface area contributed by atoms with Crippen molar-refractivity contribution in [3.8, 4) is 0 Å².